The maximum atomic E-state index is 13.2. The number of pyridine rings is 1. The molecule has 0 aromatic carbocycles. The lowest BCUT2D eigenvalue weighted by Crippen LogP contribution is -2.46. The highest BCUT2D eigenvalue weighted by Crippen LogP contribution is 2.32. The van der Waals surface area contributed by atoms with Gasteiger partial charge < -0.3 is 24.8 Å². The van der Waals surface area contributed by atoms with Gasteiger partial charge in [-0.15, -0.1) is 5.10 Å². The van der Waals surface area contributed by atoms with Crippen LogP contribution in [-0.4, -0.2) is 85.8 Å². The topological polar surface area (TPSA) is 137 Å². The molecule has 5 heterocycles. The molecule has 3 aliphatic rings. The van der Waals surface area contributed by atoms with Crippen molar-refractivity contribution in [2.45, 2.75) is 46.5 Å². The number of aromatic amines is 1. The van der Waals surface area contributed by atoms with Gasteiger partial charge in [0, 0.05) is 50.8 Å². The summed E-state index contributed by atoms with van der Waals surface area (Å²) in [5.74, 6) is -0.508. The van der Waals surface area contributed by atoms with E-state index in [1.807, 2.05) is 0 Å². The highest BCUT2D eigenvalue weighted by molar-refractivity contribution is 5.95. The van der Waals surface area contributed by atoms with E-state index in [2.05, 4.69) is 25.7 Å². The van der Waals surface area contributed by atoms with E-state index in [1.165, 1.54) is 4.90 Å². The summed E-state index contributed by atoms with van der Waals surface area (Å²) in [5, 5.41) is 13.1. The molecule has 2 aromatic rings. The molecule has 0 bridgehead atoms. The minimum atomic E-state index is -4.66. The number of nitrogens with one attached hydrogen (secondary N) is 2. The second-order valence-electron chi connectivity index (χ2n) is 11.1. The molecule has 0 saturated carbocycles. The second-order valence-corrected chi connectivity index (χ2v) is 11.1. The number of ether oxygens (including phenoxy) is 1. The Hall–Kier alpha value is -4.17. The van der Waals surface area contributed by atoms with Gasteiger partial charge in [0.15, 0.2) is 0 Å². The number of aromatic nitrogens is 4. The molecule has 5 rings (SSSR count). The van der Waals surface area contributed by atoms with E-state index in [4.69, 9.17) is 4.74 Å². The van der Waals surface area contributed by atoms with E-state index in [0.29, 0.717) is 38.8 Å². The Morgan fingerprint density at radius 1 is 1.02 bits per heavy atom. The van der Waals surface area contributed by atoms with Gasteiger partial charge in [0.25, 0.3) is 0 Å². The van der Waals surface area contributed by atoms with Crippen LogP contribution < -0.4 is 5.32 Å². The minimum Gasteiger partial charge on any atom is -0.443 e. The Morgan fingerprint density at radius 2 is 1.70 bits per heavy atom. The summed E-state index contributed by atoms with van der Waals surface area (Å²) in [7, 11) is 0. The number of carbonyl (C=O) groups is 3. The van der Waals surface area contributed by atoms with E-state index in [9.17, 15) is 27.6 Å². The molecule has 0 radical (unpaired) electrons. The molecule has 0 fully saturated rings. The monoisotopic (exact) mass is 562 g/mol. The average molecular weight is 563 g/mol. The van der Waals surface area contributed by atoms with E-state index in [1.54, 1.807) is 30.6 Å². The highest BCUT2D eigenvalue weighted by Gasteiger charge is 2.37. The first kappa shape index (κ1) is 27.4. The maximum absolute atomic E-state index is 13.2. The van der Waals surface area contributed by atoms with Crippen molar-refractivity contribution in [3.63, 3.8) is 0 Å². The van der Waals surface area contributed by atoms with Gasteiger partial charge in [-0.3, -0.25) is 14.9 Å². The van der Waals surface area contributed by atoms with E-state index in [0.717, 1.165) is 28.6 Å². The van der Waals surface area contributed by atoms with Crippen LogP contribution in [0, 0.1) is 5.41 Å². The predicted molar refractivity (Wildman–Crippen MR) is 134 cm³/mol. The van der Waals surface area contributed by atoms with Crippen molar-refractivity contribution in [2.24, 2.45) is 5.41 Å². The molecule has 0 aliphatic carbocycles. The molecule has 2 N–H and O–H groups in total. The first-order valence-corrected chi connectivity index (χ1v) is 12.7. The predicted octanol–water partition coefficient (Wildman–Crippen LogP) is 2.95. The first-order valence-electron chi connectivity index (χ1n) is 12.7. The normalized spacial score (nSPS) is 17.2. The summed E-state index contributed by atoms with van der Waals surface area (Å²) in [6.45, 7) is 6.72. The van der Waals surface area contributed by atoms with Crippen LogP contribution in [0.25, 0.3) is 0 Å². The number of alkyl halides is 3. The molecule has 0 atom stereocenters. The highest BCUT2D eigenvalue weighted by atomic mass is 19.4. The van der Waals surface area contributed by atoms with Gasteiger partial charge in [0.1, 0.15) is 18.0 Å². The van der Waals surface area contributed by atoms with Gasteiger partial charge in [0.05, 0.1) is 23.5 Å². The number of hydrogen-bond donors (Lipinski definition) is 2. The molecule has 3 aliphatic heterocycles. The minimum absolute atomic E-state index is 0.00720. The molecule has 4 amide bonds. The SMILES string of the molecule is CC(C)(C)C(=O)Nc1cc(C(F)(F)F)cnc1COC(=O)N1CC2=C(C1)CN(C(=O)N1CCc3[nH]nnc3C1)C2. The first-order chi connectivity index (χ1) is 18.8. The Bertz CT molecular complexity index is 1360. The molecule has 15 heteroatoms. The summed E-state index contributed by atoms with van der Waals surface area (Å²) in [6.07, 6.45) is -4.03. The zero-order valence-electron chi connectivity index (χ0n) is 22.3. The van der Waals surface area contributed by atoms with Crippen molar-refractivity contribution >= 4 is 23.7 Å². The van der Waals surface area contributed by atoms with Crippen molar-refractivity contribution in [3.8, 4) is 0 Å². The number of urea groups is 1. The lowest BCUT2D eigenvalue weighted by molar-refractivity contribution is -0.137. The van der Waals surface area contributed by atoms with Gasteiger partial charge >= 0.3 is 18.3 Å². The summed E-state index contributed by atoms with van der Waals surface area (Å²) in [6, 6.07) is 0.679. The van der Waals surface area contributed by atoms with Crippen molar-refractivity contribution in [2.75, 3.05) is 38.0 Å². The molecule has 0 unspecified atom stereocenters. The number of hydrogen-bond acceptors (Lipinski definition) is 7. The molecular weight excluding hydrogens is 533 g/mol. The molecule has 0 spiro atoms. The molecule has 214 valence electrons. The third-order valence-corrected chi connectivity index (χ3v) is 7.06. The number of rotatable bonds is 3. The number of amides is 4. The summed E-state index contributed by atoms with van der Waals surface area (Å²) < 4.78 is 45.1. The van der Waals surface area contributed by atoms with Crippen LogP contribution in [0.15, 0.2) is 23.4 Å². The smallest absolute Gasteiger partial charge is 0.417 e. The van der Waals surface area contributed by atoms with Crippen molar-refractivity contribution < 1.29 is 32.3 Å². The molecule has 2 aromatic heterocycles. The van der Waals surface area contributed by atoms with Crippen molar-refractivity contribution in [3.05, 3.63) is 46.1 Å². The lowest BCUT2D eigenvalue weighted by Gasteiger charge is -2.31. The third-order valence-electron chi connectivity index (χ3n) is 7.06. The Kier molecular flexibility index (Phi) is 6.92. The van der Waals surface area contributed by atoms with Gasteiger partial charge in [-0.1, -0.05) is 26.0 Å². The lowest BCUT2D eigenvalue weighted by atomic mass is 9.95. The molecule has 0 saturated heterocycles. The van der Waals surface area contributed by atoms with Gasteiger partial charge in [-0.05, 0) is 17.2 Å². The fraction of sp³-hybridized carbons (Fsp3) is 0.520. The molecule has 40 heavy (non-hydrogen) atoms. The third kappa shape index (κ3) is 5.58. The Morgan fingerprint density at radius 3 is 2.35 bits per heavy atom. The molecule has 12 nitrogen and oxygen atoms in total. The van der Waals surface area contributed by atoms with E-state index in [-0.39, 0.29) is 30.5 Å². The summed E-state index contributed by atoms with van der Waals surface area (Å²) in [4.78, 5) is 47.0. The van der Waals surface area contributed by atoms with Crippen LogP contribution in [0.3, 0.4) is 0 Å². The number of H-pyrrole nitrogens is 1. The fourth-order valence-corrected chi connectivity index (χ4v) is 4.72. The van der Waals surface area contributed by atoms with Crippen molar-refractivity contribution in [1.82, 2.24) is 35.1 Å². The Balaban J connectivity index is 1.16. The van der Waals surface area contributed by atoms with Crippen LogP contribution >= 0.6 is 0 Å². The van der Waals surface area contributed by atoms with Gasteiger partial charge in [0.2, 0.25) is 5.91 Å². The zero-order chi connectivity index (χ0) is 28.8. The van der Waals surface area contributed by atoms with Gasteiger partial charge in [-0.2, -0.15) is 13.2 Å². The van der Waals surface area contributed by atoms with Crippen LogP contribution in [-0.2, 0) is 35.3 Å². The average Bonchev–Trinajstić information content (AvgIpc) is 3.60. The van der Waals surface area contributed by atoms with E-state index < -0.39 is 35.8 Å². The van der Waals surface area contributed by atoms with E-state index >= 15 is 0 Å². The van der Waals surface area contributed by atoms with Crippen LogP contribution in [0.5, 0.6) is 0 Å². The number of nitrogens with zero attached hydrogens (tertiary/aromatic N) is 6. The van der Waals surface area contributed by atoms with Crippen LogP contribution in [0.1, 0.15) is 43.4 Å². The largest absolute Gasteiger partial charge is 0.443 e. The van der Waals surface area contributed by atoms with Crippen LogP contribution in [0.4, 0.5) is 28.4 Å². The molecular formula is C25H29F3N8O4. The van der Waals surface area contributed by atoms with Crippen molar-refractivity contribution in [1.29, 1.82) is 0 Å². The maximum Gasteiger partial charge on any atom is 0.417 e. The number of halogens is 3. The number of fused-ring (bicyclic) bond motifs is 1. The second kappa shape index (κ2) is 10.1. The standard InChI is InChI=1S/C25H29F3N8O4/c1-24(2,3)21(37)30-18-6-16(25(26,27)28)7-29-20(18)13-40-23(39)36-10-14-8-35(9-15(14)11-36)22(38)34-5-4-17-19(12-34)32-33-31-17/h6-7H,4-5,8-13H2,1-3H3,(H,30,37)(H,31,32,33). The van der Waals surface area contributed by atoms with Gasteiger partial charge in [-0.25, -0.2) is 9.59 Å². The quantitative estimate of drug-likeness (QED) is 0.549. The number of carbonyl (C=O) groups excluding carboxylic acids is 3. The number of anilines is 1. The fourth-order valence-electron chi connectivity index (χ4n) is 4.72. The summed E-state index contributed by atoms with van der Waals surface area (Å²) in [5.41, 5.74) is 1.53. The van der Waals surface area contributed by atoms with Crippen LogP contribution in [0.2, 0.25) is 0 Å². The summed E-state index contributed by atoms with van der Waals surface area (Å²) >= 11 is 0. The zero-order valence-corrected chi connectivity index (χ0v) is 22.3. The Labute approximate surface area is 227 Å².